The molecule has 8 nitrogen and oxygen atoms in total. The zero-order valence-corrected chi connectivity index (χ0v) is 12.7. The third-order valence-corrected chi connectivity index (χ3v) is 3.63. The highest BCUT2D eigenvalue weighted by Crippen LogP contribution is 2.25. The number of nitrogens with one attached hydrogen (secondary N) is 2. The van der Waals surface area contributed by atoms with Gasteiger partial charge in [0.15, 0.2) is 0 Å². The quantitative estimate of drug-likeness (QED) is 0.863. The molecule has 1 fully saturated rings. The van der Waals surface area contributed by atoms with Crippen molar-refractivity contribution in [3.63, 3.8) is 0 Å². The van der Waals surface area contributed by atoms with E-state index in [2.05, 4.69) is 20.8 Å². The van der Waals surface area contributed by atoms with Crippen LogP contribution in [0, 0.1) is 6.92 Å². The Kier molecular flexibility index (Phi) is 4.45. The van der Waals surface area contributed by atoms with Crippen LogP contribution in [0.5, 0.6) is 0 Å². The van der Waals surface area contributed by atoms with Crippen molar-refractivity contribution in [3.8, 4) is 0 Å². The first-order valence-corrected chi connectivity index (χ1v) is 7.36. The molecule has 2 aromatic rings. The van der Waals surface area contributed by atoms with Gasteiger partial charge in [-0.1, -0.05) is 5.10 Å². The zero-order valence-electron chi connectivity index (χ0n) is 12.7. The number of aryl methyl sites for hydroxylation is 1. The highest BCUT2D eigenvalue weighted by atomic mass is 19.1. The van der Waals surface area contributed by atoms with Crippen LogP contribution in [0.2, 0.25) is 0 Å². The molecule has 0 saturated carbocycles. The van der Waals surface area contributed by atoms with Crippen LogP contribution in [-0.4, -0.2) is 41.5 Å². The van der Waals surface area contributed by atoms with Crippen molar-refractivity contribution < 1.29 is 18.0 Å². The molecule has 1 saturated heterocycles. The van der Waals surface area contributed by atoms with Gasteiger partial charge in [-0.25, -0.2) is 9.18 Å². The number of amides is 2. The van der Waals surface area contributed by atoms with Gasteiger partial charge in [-0.15, -0.1) is 5.10 Å². The van der Waals surface area contributed by atoms with Crippen LogP contribution >= 0.6 is 0 Å². The molecule has 0 unspecified atom stereocenters. The Labute approximate surface area is 132 Å². The van der Waals surface area contributed by atoms with Crippen LogP contribution in [0.4, 0.5) is 15.2 Å². The monoisotopic (exact) mass is 323 g/mol. The Balaban J connectivity index is 1.50. The number of hydrogen-bond acceptors (Lipinski definition) is 6. The second-order valence-corrected chi connectivity index (χ2v) is 5.39. The zero-order chi connectivity index (χ0) is 16.2. The summed E-state index contributed by atoms with van der Waals surface area (Å²) < 4.78 is 24.2. The van der Waals surface area contributed by atoms with Crippen LogP contribution < -0.4 is 15.5 Å². The van der Waals surface area contributed by atoms with Gasteiger partial charge in [0.05, 0.1) is 25.4 Å². The Bertz CT molecular complexity index is 645. The van der Waals surface area contributed by atoms with Crippen LogP contribution in [-0.2, 0) is 6.54 Å². The van der Waals surface area contributed by atoms with Crippen molar-refractivity contribution in [1.29, 1.82) is 0 Å². The number of carbonyl (C=O) groups is 1. The standard InChI is InChI=1S/C14H18FN5O3/c1-9-18-19-14(23-9)20-8-10(15)5-11(20)6-16-13(21)17-7-12-3-2-4-22-12/h2-4,10-11H,5-8H2,1H3,(H2,16,17,21)/t10-,11-/m0/s1. The predicted molar refractivity (Wildman–Crippen MR) is 78.6 cm³/mol. The van der Waals surface area contributed by atoms with Gasteiger partial charge in [0.1, 0.15) is 11.9 Å². The van der Waals surface area contributed by atoms with Crippen LogP contribution in [0.15, 0.2) is 27.2 Å². The van der Waals surface area contributed by atoms with E-state index in [1.165, 1.54) is 0 Å². The Morgan fingerprint density at radius 3 is 3.04 bits per heavy atom. The van der Waals surface area contributed by atoms with Gasteiger partial charge < -0.3 is 24.4 Å². The largest absolute Gasteiger partial charge is 0.467 e. The van der Waals surface area contributed by atoms with Gasteiger partial charge in [0.2, 0.25) is 5.89 Å². The Morgan fingerprint density at radius 2 is 2.35 bits per heavy atom. The Hall–Kier alpha value is -2.58. The van der Waals surface area contributed by atoms with Gasteiger partial charge in [0, 0.05) is 19.9 Å². The van der Waals surface area contributed by atoms with E-state index < -0.39 is 6.17 Å². The number of urea groups is 1. The molecule has 3 heterocycles. The minimum atomic E-state index is -0.986. The maximum atomic E-state index is 13.7. The molecule has 23 heavy (non-hydrogen) atoms. The number of halogens is 1. The van der Waals surface area contributed by atoms with E-state index in [-0.39, 0.29) is 31.2 Å². The second kappa shape index (κ2) is 6.67. The Morgan fingerprint density at radius 1 is 1.48 bits per heavy atom. The van der Waals surface area contributed by atoms with E-state index in [0.717, 1.165) is 0 Å². The molecule has 2 N–H and O–H groups in total. The first-order valence-electron chi connectivity index (χ1n) is 7.36. The van der Waals surface area contributed by atoms with Crippen LogP contribution in [0.3, 0.4) is 0 Å². The summed E-state index contributed by atoms with van der Waals surface area (Å²) in [6.07, 6.45) is 0.860. The molecule has 2 atom stereocenters. The number of anilines is 1. The summed E-state index contributed by atoms with van der Waals surface area (Å²) >= 11 is 0. The molecule has 0 aliphatic carbocycles. The number of alkyl halides is 1. The molecule has 1 aliphatic rings. The van der Waals surface area contributed by atoms with E-state index >= 15 is 0 Å². The van der Waals surface area contributed by atoms with E-state index in [0.29, 0.717) is 24.6 Å². The molecule has 0 spiro atoms. The van der Waals surface area contributed by atoms with Crippen molar-refractivity contribution >= 4 is 12.0 Å². The topological polar surface area (TPSA) is 96.4 Å². The SMILES string of the molecule is Cc1nnc(N2C[C@@H](F)C[C@H]2CNC(=O)NCc2ccco2)o1. The van der Waals surface area contributed by atoms with Crippen LogP contribution in [0.1, 0.15) is 18.1 Å². The van der Waals surface area contributed by atoms with Crippen molar-refractivity contribution in [3.05, 3.63) is 30.0 Å². The highest BCUT2D eigenvalue weighted by Gasteiger charge is 2.35. The second-order valence-electron chi connectivity index (χ2n) is 5.39. The normalized spacial score (nSPS) is 20.7. The molecule has 124 valence electrons. The first kappa shape index (κ1) is 15.3. The van der Waals surface area contributed by atoms with Gasteiger partial charge in [-0.2, -0.15) is 0 Å². The molecule has 3 rings (SSSR count). The van der Waals surface area contributed by atoms with Gasteiger partial charge in [-0.05, 0) is 12.1 Å². The molecule has 1 aliphatic heterocycles. The molecular weight excluding hydrogens is 305 g/mol. The maximum absolute atomic E-state index is 13.7. The molecule has 0 radical (unpaired) electrons. The summed E-state index contributed by atoms with van der Waals surface area (Å²) in [5, 5.41) is 13.1. The van der Waals surface area contributed by atoms with E-state index in [1.807, 2.05) is 0 Å². The summed E-state index contributed by atoms with van der Waals surface area (Å²) in [6, 6.07) is 3.24. The number of aromatic nitrogens is 2. The summed E-state index contributed by atoms with van der Waals surface area (Å²) in [7, 11) is 0. The molecule has 9 heteroatoms. The maximum Gasteiger partial charge on any atom is 0.318 e. The lowest BCUT2D eigenvalue weighted by Crippen LogP contribution is -2.44. The lowest BCUT2D eigenvalue weighted by molar-refractivity contribution is 0.238. The van der Waals surface area contributed by atoms with Gasteiger partial charge in [-0.3, -0.25) is 0 Å². The molecule has 2 aromatic heterocycles. The van der Waals surface area contributed by atoms with Gasteiger partial charge in [0.25, 0.3) is 0 Å². The number of rotatable bonds is 5. The molecule has 0 bridgehead atoms. The van der Waals surface area contributed by atoms with E-state index in [4.69, 9.17) is 8.83 Å². The summed E-state index contributed by atoms with van der Waals surface area (Å²) in [5.74, 6) is 1.08. The predicted octanol–water partition coefficient (Wildman–Crippen LogP) is 1.39. The summed E-state index contributed by atoms with van der Waals surface area (Å²) in [5.41, 5.74) is 0. The minimum Gasteiger partial charge on any atom is -0.467 e. The van der Waals surface area contributed by atoms with Crippen molar-refractivity contribution in [2.24, 2.45) is 0 Å². The molecule has 2 amide bonds. The average Bonchev–Trinajstić information content (AvgIpc) is 3.24. The van der Waals surface area contributed by atoms with Crippen molar-refractivity contribution in [1.82, 2.24) is 20.8 Å². The highest BCUT2D eigenvalue weighted by molar-refractivity contribution is 5.73. The fourth-order valence-electron chi connectivity index (χ4n) is 2.54. The minimum absolute atomic E-state index is 0.183. The fourth-order valence-corrected chi connectivity index (χ4v) is 2.54. The molecular formula is C14H18FN5O3. The first-order chi connectivity index (χ1) is 11.1. The summed E-state index contributed by atoms with van der Waals surface area (Å²) in [6.45, 7) is 2.43. The lowest BCUT2D eigenvalue weighted by atomic mass is 10.2. The molecule has 0 aromatic carbocycles. The van der Waals surface area contributed by atoms with Crippen molar-refractivity contribution in [2.75, 3.05) is 18.0 Å². The number of hydrogen-bond donors (Lipinski definition) is 2. The number of carbonyl (C=O) groups excluding carboxylic acids is 1. The van der Waals surface area contributed by atoms with Crippen molar-refractivity contribution in [2.45, 2.75) is 32.1 Å². The number of furan rings is 1. The van der Waals surface area contributed by atoms with E-state index in [9.17, 15) is 9.18 Å². The van der Waals surface area contributed by atoms with Crippen LogP contribution in [0.25, 0.3) is 0 Å². The third kappa shape index (κ3) is 3.79. The fraction of sp³-hybridized carbons (Fsp3) is 0.500. The number of nitrogens with zero attached hydrogens (tertiary/aromatic N) is 3. The lowest BCUT2D eigenvalue weighted by Gasteiger charge is -2.22. The average molecular weight is 323 g/mol. The summed E-state index contributed by atoms with van der Waals surface area (Å²) in [4.78, 5) is 13.5. The van der Waals surface area contributed by atoms with E-state index in [1.54, 1.807) is 30.2 Å². The third-order valence-electron chi connectivity index (χ3n) is 3.63. The van der Waals surface area contributed by atoms with Gasteiger partial charge >= 0.3 is 12.0 Å². The smallest absolute Gasteiger partial charge is 0.318 e.